The average molecular weight is 285 g/mol. The van der Waals surface area contributed by atoms with Crippen molar-refractivity contribution < 1.29 is 24.8 Å². The standard InChI is InChI=1S/C13H19NO4.CH4O/c1-14(7-12-13(16)11(15)8-18-12)9-3-5-10(17-2)6-4-9;1-2/h3-6,11-13,15-16H,7-8H2,1-2H3;2H,1H3. The first-order chi connectivity index (χ1) is 9.61. The molecule has 6 heteroatoms. The van der Waals surface area contributed by atoms with E-state index in [9.17, 15) is 10.2 Å². The van der Waals surface area contributed by atoms with Crippen molar-refractivity contribution in [3.05, 3.63) is 24.3 Å². The number of rotatable bonds is 4. The SMILES string of the molecule is CO.COc1ccc(N(C)CC2OCC(O)C2O)cc1. The highest BCUT2D eigenvalue weighted by molar-refractivity contribution is 5.48. The van der Waals surface area contributed by atoms with Gasteiger partial charge in [0.05, 0.1) is 13.7 Å². The average Bonchev–Trinajstić information content (AvgIpc) is 2.81. The zero-order valence-corrected chi connectivity index (χ0v) is 12.1. The molecule has 0 aliphatic carbocycles. The molecule has 0 bridgehead atoms. The van der Waals surface area contributed by atoms with Crippen LogP contribution in [0.4, 0.5) is 5.69 Å². The summed E-state index contributed by atoms with van der Waals surface area (Å²) >= 11 is 0. The highest BCUT2D eigenvalue weighted by Crippen LogP contribution is 2.21. The molecule has 6 nitrogen and oxygen atoms in total. The molecule has 1 aromatic carbocycles. The molecule has 1 heterocycles. The number of likely N-dealkylation sites (N-methyl/N-ethyl adjacent to an activating group) is 1. The summed E-state index contributed by atoms with van der Waals surface area (Å²) in [7, 11) is 4.55. The highest BCUT2D eigenvalue weighted by Gasteiger charge is 2.35. The Morgan fingerprint density at radius 3 is 2.30 bits per heavy atom. The third-order valence-electron chi connectivity index (χ3n) is 3.22. The second-order valence-corrected chi connectivity index (χ2v) is 4.51. The Bertz CT molecular complexity index is 384. The second-order valence-electron chi connectivity index (χ2n) is 4.51. The lowest BCUT2D eigenvalue weighted by Gasteiger charge is -2.24. The predicted molar refractivity (Wildman–Crippen MR) is 76.2 cm³/mol. The smallest absolute Gasteiger partial charge is 0.119 e. The van der Waals surface area contributed by atoms with Crippen LogP contribution in [-0.4, -0.2) is 68.1 Å². The highest BCUT2D eigenvalue weighted by atomic mass is 16.5. The summed E-state index contributed by atoms with van der Waals surface area (Å²) in [6.07, 6.45) is -1.95. The Labute approximate surface area is 119 Å². The molecule has 1 aliphatic rings. The van der Waals surface area contributed by atoms with E-state index in [1.807, 2.05) is 36.2 Å². The van der Waals surface area contributed by atoms with Gasteiger partial charge >= 0.3 is 0 Å². The molecule has 0 spiro atoms. The summed E-state index contributed by atoms with van der Waals surface area (Å²) < 4.78 is 10.4. The number of methoxy groups -OCH3 is 1. The van der Waals surface area contributed by atoms with Gasteiger partial charge in [0, 0.05) is 26.4 Å². The van der Waals surface area contributed by atoms with Crippen LogP contribution in [0.25, 0.3) is 0 Å². The molecule has 3 unspecified atom stereocenters. The molecule has 1 saturated heterocycles. The van der Waals surface area contributed by atoms with E-state index in [2.05, 4.69) is 0 Å². The number of benzene rings is 1. The van der Waals surface area contributed by atoms with Gasteiger partial charge in [-0.05, 0) is 24.3 Å². The predicted octanol–water partition coefficient (Wildman–Crippen LogP) is -0.140. The van der Waals surface area contributed by atoms with Crippen molar-refractivity contribution in [2.75, 3.05) is 39.3 Å². The Balaban J connectivity index is 0.000000956. The van der Waals surface area contributed by atoms with Crippen molar-refractivity contribution in [3.63, 3.8) is 0 Å². The first-order valence-corrected chi connectivity index (χ1v) is 6.39. The maximum Gasteiger partial charge on any atom is 0.119 e. The van der Waals surface area contributed by atoms with Crippen molar-refractivity contribution in [1.29, 1.82) is 0 Å². The third kappa shape index (κ3) is 4.08. The lowest BCUT2D eigenvalue weighted by Crippen LogP contribution is -2.38. The summed E-state index contributed by atoms with van der Waals surface area (Å²) in [5.74, 6) is 0.805. The van der Waals surface area contributed by atoms with Crippen molar-refractivity contribution in [2.45, 2.75) is 18.3 Å². The Kier molecular flexibility index (Phi) is 6.74. The van der Waals surface area contributed by atoms with Crippen LogP contribution in [0.5, 0.6) is 5.75 Å². The number of nitrogens with zero attached hydrogens (tertiary/aromatic N) is 1. The molecular formula is C14H23NO5. The second kappa shape index (κ2) is 8.06. The van der Waals surface area contributed by atoms with Gasteiger partial charge < -0.3 is 29.7 Å². The normalized spacial score (nSPS) is 24.8. The summed E-state index contributed by atoms with van der Waals surface area (Å²) in [5.41, 5.74) is 1.01. The van der Waals surface area contributed by atoms with Crippen molar-refractivity contribution in [1.82, 2.24) is 0 Å². The van der Waals surface area contributed by atoms with Crippen LogP contribution in [0.1, 0.15) is 0 Å². The van der Waals surface area contributed by atoms with Gasteiger partial charge in [-0.1, -0.05) is 0 Å². The minimum absolute atomic E-state index is 0.197. The van der Waals surface area contributed by atoms with Gasteiger partial charge in [-0.2, -0.15) is 0 Å². The number of aliphatic hydroxyl groups excluding tert-OH is 3. The molecule has 3 atom stereocenters. The largest absolute Gasteiger partial charge is 0.497 e. The molecule has 0 aromatic heterocycles. The minimum Gasteiger partial charge on any atom is -0.497 e. The number of hydrogen-bond acceptors (Lipinski definition) is 6. The fraction of sp³-hybridized carbons (Fsp3) is 0.571. The zero-order chi connectivity index (χ0) is 15.1. The number of anilines is 1. The zero-order valence-electron chi connectivity index (χ0n) is 12.1. The van der Waals surface area contributed by atoms with Crippen LogP contribution in [0.15, 0.2) is 24.3 Å². The van der Waals surface area contributed by atoms with E-state index in [1.54, 1.807) is 7.11 Å². The fourth-order valence-electron chi connectivity index (χ4n) is 2.04. The summed E-state index contributed by atoms with van der Waals surface area (Å²) in [6, 6.07) is 7.65. The molecule has 3 N–H and O–H groups in total. The van der Waals surface area contributed by atoms with Gasteiger partial charge in [-0.15, -0.1) is 0 Å². The molecule has 1 fully saturated rings. The molecule has 114 valence electrons. The molecule has 0 radical (unpaired) electrons. The van der Waals surface area contributed by atoms with E-state index in [0.717, 1.165) is 18.5 Å². The first-order valence-electron chi connectivity index (χ1n) is 6.39. The first kappa shape index (κ1) is 16.7. The van der Waals surface area contributed by atoms with Crippen molar-refractivity contribution >= 4 is 5.69 Å². The Morgan fingerprint density at radius 1 is 1.25 bits per heavy atom. The van der Waals surface area contributed by atoms with Crippen LogP contribution >= 0.6 is 0 Å². The molecule has 20 heavy (non-hydrogen) atoms. The van der Waals surface area contributed by atoms with E-state index in [0.29, 0.717) is 6.54 Å². The topological polar surface area (TPSA) is 82.4 Å². The number of hydrogen-bond donors (Lipinski definition) is 3. The third-order valence-corrected chi connectivity index (χ3v) is 3.22. The molecule has 2 rings (SSSR count). The molecule has 1 aliphatic heterocycles. The molecule has 1 aromatic rings. The summed E-state index contributed by atoms with van der Waals surface area (Å²) in [6.45, 7) is 0.729. The van der Waals surface area contributed by atoms with Gasteiger partial charge in [0.25, 0.3) is 0 Å². The molecule has 0 amide bonds. The lowest BCUT2D eigenvalue weighted by atomic mass is 10.1. The fourth-order valence-corrected chi connectivity index (χ4v) is 2.04. The van der Waals surface area contributed by atoms with Gasteiger partial charge in [-0.3, -0.25) is 0 Å². The van der Waals surface area contributed by atoms with E-state index in [4.69, 9.17) is 14.6 Å². The molecular weight excluding hydrogens is 262 g/mol. The quantitative estimate of drug-likeness (QED) is 0.714. The number of aliphatic hydroxyl groups is 3. The van der Waals surface area contributed by atoms with Crippen molar-refractivity contribution in [3.8, 4) is 5.75 Å². The van der Waals surface area contributed by atoms with Crippen LogP contribution < -0.4 is 9.64 Å². The maximum absolute atomic E-state index is 9.71. The van der Waals surface area contributed by atoms with Gasteiger partial charge in [0.15, 0.2) is 0 Å². The maximum atomic E-state index is 9.71. The number of ether oxygens (including phenoxy) is 2. The van der Waals surface area contributed by atoms with Gasteiger partial charge in [-0.25, -0.2) is 0 Å². The Hall–Kier alpha value is -1.34. The van der Waals surface area contributed by atoms with E-state index in [1.165, 1.54) is 0 Å². The van der Waals surface area contributed by atoms with Gasteiger partial charge in [0.1, 0.15) is 24.1 Å². The lowest BCUT2D eigenvalue weighted by molar-refractivity contribution is 0.0271. The van der Waals surface area contributed by atoms with Crippen LogP contribution in [0.3, 0.4) is 0 Å². The van der Waals surface area contributed by atoms with Crippen LogP contribution in [0, 0.1) is 0 Å². The molecule has 0 saturated carbocycles. The monoisotopic (exact) mass is 285 g/mol. The van der Waals surface area contributed by atoms with Crippen LogP contribution in [-0.2, 0) is 4.74 Å². The van der Waals surface area contributed by atoms with Crippen LogP contribution in [0.2, 0.25) is 0 Å². The van der Waals surface area contributed by atoms with E-state index in [-0.39, 0.29) is 12.7 Å². The summed E-state index contributed by atoms with van der Waals surface area (Å²) in [4.78, 5) is 1.98. The van der Waals surface area contributed by atoms with Crippen molar-refractivity contribution in [2.24, 2.45) is 0 Å². The minimum atomic E-state index is -0.814. The summed E-state index contributed by atoms with van der Waals surface area (Å²) in [5, 5.41) is 26.1. The van der Waals surface area contributed by atoms with E-state index >= 15 is 0 Å². The Morgan fingerprint density at radius 2 is 1.85 bits per heavy atom. The van der Waals surface area contributed by atoms with E-state index < -0.39 is 12.2 Å². The van der Waals surface area contributed by atoms with Gasteiger partial charge in [0.2, 0.25) is 0 Å².